The van der Waals surface area contributed by atoms with Crippen LogP contribution in [-0.4, -0.2) is 34.5 Å². The molecule has 1 atom stereocenters. The van der Waals surface area contributed by atoms with E-state index in [0.29, 0.717) is 12.0 Å². The Bertz CT molecular complexity index is 347. The Morgan fingerprint density at radius 3 is 2.88 bits per heavy atom. The van der Waals surface area contributed by atoms with Crippen LogP contribution >= 0.6 is 0 Å². The summed E-state index contributed by atoms with van der Waals surface area (Å²) in [5.74, 6) is -0.725. The van der Waals surface area contributed by atoms with Gasteiger partial charge in [-0.3, -0.25) is 9.59 Å². The van der Waals surface area contributed by atoms with Gasteiger partial charge in [-0.1, -0.05) is 19.1 Å². The number of carbonyl (C=O) groups excluding carboxylic acids is 2. The van der Waals surface area contributed by atoms with Gasteiger partial charge in [0, 0.05) is 12.6 Å². The number of hydrogen-bond acceptors (Lipinski definition) is 3. The Kier molecular flexibility index (Phi) is 4.25. The Labute approximate surface area is 94.2 Å². The first kappa shape index (κ1) is 12.4. The molecule has 0 radical (unpaired) electrons. The molecule has 16 heavy (non-hydrogen) atoms. The van der Waals surface area contributed by atoms with Gasteiger partial charge in [0.15, 0.2) is 0 Å². The molecule has 0 saturated heterocycles. The smallest absolute Gasteiger partial charge is 0.240 e. The maximum absolute atomic E-state index is 11.7. The summed E-state index contributed by atoms with van der Waals surface area (Å²) in [6.07, 6.45) is 5.49. The van der Waals surface area contributed by atoms with Gasteiger partial charge in [-0.15, -0.1) is 0 Å². The van der Waals surface area contributed by atoms with Crippen LogP contribution in [0.3, 0.4) is 0 Å². The second-order valence-corrected chi connectivity index (χ2v) is 3.60. The summed E-state index contributed by atoms with van der Waals surface area (Å²) >= 11 is 0. The van der Waals surface area contributed by atoms with Crippen LogP contribution in [0.15, 0.2) is 23.9 Å². The molecule has 1 unspecified atom stereocenters. The highest BCUT2D eigenvalue weighted by atomic mass is 16.3. The fourth-order valence-corrected chi connectivity index (χ4v) is 1.60. The highest BCUT2D eigenvalue weighted by Gasteiger charge is 2.25. The summed E-state index contributed by atoms with van der Waals surface area (Å²) in [6.45, 7) is 1.61. The SMILES string of the molecule is CCC(C(N)=O)N1C=C(CO)C=CCC1=O. The number of rotatable bonds is 4. The summed E-state index contributed by atoms with van der Waals surface area (Å²) in [7, 11) is 0. The van der Waals surface area contributed by atoms with Crippen LogP contribution in [0.4, 0.5) is 0 Å². The third kappa shape index (κ3) is 2.70. The molecule has 1 heterocycles. The molecule has 0 saturated carbocycles. The average molecular weight is 224 g/mol. The van der Waals surface area contributed by atoms with Crippen molar-refractivity contribution in [3.8, 4) is 0 Å². The fourth-order valence-electron chi connectivity index (χ4n) is 1.60. The topological polar surface area (TPSA) is 83.6 Å². The zero-order valence-electron chi connectivity index (χ0n) is 9.22. The average Bonchev–Trinajstić information content (AvgIpc) is 2.42. The van der Waals surface area contributed by atoms with Crippen molar-refractivity contribution in [2.75, 3.05) is 6.61 Å². The predicted octanol–water partition coefficient (Wildman–Crippen LogP) is -0.0850. The summed E-state index contributed by atoms with van der Waals surface area (Å²) in [5, 5.41) is 9.04. The third-order valence-corrected chi connectivity index (χ3v) is 2.45. The minimum absolute atomic E-state index is 0.171. The van der Waals surface area contributed by atoms with Crippen molar-refractivity contribution in [2.45, 2.75) is 25.8 Å². The quantitative estimate of drug-likeness (QED) is 0.700. The molecule has 0 aromatic carbocycles. The molecule has 2 amide bonds. The standard InChI is InChI=1S/C11H16N2O3/c1-2-9(11(12)16)13-6-8(7-14)4-3-5-10(13)15/h3-4,6,9,14H,2,5,7H2,1H3,(H2,12,16). The monoisotopic (exact) mass is 224 g/mol. The number of nitrogens with two attached hydrogens (primary N) is 1. The molecule has 1 aliphatic rings. The van der Waals surface area contributed by atoms with E-state index in [1.165, 1.54) is 11.1 Å². The van der Waals surface area contributed by atoms with Crippen molar-refractivity contribution < 1.29 is 14.7 Å². The lowest BCUT2D eigenvalue weighted by molar-refractivity contribution is -0.135. The Morgan fingerprint density at radius 2 is 2.38 bits per heavy atom. The van der Waals surface area contributed by atoms with E-state index in [-0.39, 0.29) is 18.9 Å². The fraction of sp³-hybridized carbons (Fsp3) is 0.455. The highest BCUT2D eigenvalue weighted by Crippen LogP contribution is 2.14. The van der Waals surface area contributed by atoms with Crippen LogP contribution in [0.2, 0.25) is 0 Å². The largest absolute Gasteiger partial charge is 0.392 e. The molecule has 1 rings (SSSR count). The van der Waals surface area contributed by atoms with Gasteiger partial charge in [-0.25, -0.2) is 0 Å². The normalized spacial score (nSPS) is 18.0. The summed E-state index contributed by atoms with van der Waals surface area (Å²) in [4.78, 5) is 24.2. The molecule has 0 aromatic heterocycles. The second kappa shape index (κ2) is 5.46. The maximum Gasteiger partial charge on any atom is 0.240 e. The van der Waals surface area contributed by atoms with Crippen molar-refractivity contribution in [1.82, 2.24) is 4.90 Å². The summed E-state index contributed by atoms with van der Waals surface area (Å²) < 4.78 is 0. The Morgan fingerprint density at radius 1 is 1.69 bits per heavy atom. The molecule has 0 bridgehead atoms. The van der Waals surface area contributed by atoms with Crippen molar-refractivity contribution >= 4 is 11.8 Å². The molecule has 5 heteroatoms. The van der Waals surface area contributed by atoms with E-state index < -0.39 is 11.9 Å². The molecular weight excluding hydrogens is 208 g/mol. The third-order valence-electron chi connectivity index (χ3n) is 2.45. The van der Waals surface area contributed by atoms with E-state index in [1.807, 2.05) is 0 Å². The van der Waals surface area contributed by atoms with Crippen molar-refractivity contribution in [1.29, 1.82) is 0 Å². The molecular formula is C11H16N2O3. The van der Waals surface area contributed by atoms with E-state index in [1.54, 1.807) is 19.1 Å². The minimum Gasteiger partial charge on any atom is -0.392 e. The van der Waals surface area contributed by atoms with Gasteiger partial charge in [0.2, 0.25) is 11.8 Å². The van der Waals surface area contributed by atoms with Crippen molar-refractivity contribution in [3.05, 3.63) is 23.9 Å². The Balaban J connectivity index is 2.99. The molecule has 0 aliphatic carbocycles. The van der Waals surface area contributed by atoms with Crippen molar-refractivity contribution in [2.24, 2.45) is 5.73 Å². The molecule has 3 N–H and O–H groups in total. The summed E-state index contributed by atoms with van der Waals surface area (Å²) in [5.41, 5.74) is 5.82. The van der Waals surface area contributed by atoms with Crippen LogP contribution in [0.25, 0.3) is 0 Å². The lowest BCUT2D eigenvalue weighted by Gasteiger charge is -2.25. The first-order valence-corrected chi connectivity index (χ1v) is 5.18. The van der Waals surface area contributed by atoms with E-state index in [4.69, 9.17) is 10.8 Å². The summed E-state index contributed by atoms with van der Waals surface area (Å²) in [6, 6.07) is -0.644. The van der Waals surface area contributed by atoms with Gasteiger partial charge in [0.05, 0.1) is 6.61 Å². The van der Waals surface area contributed by atoms with Crippen LogP contribution in [0.1, 0.15) is 19.8 Å². The number of carbonyl (C=O) groups is 2. The zero-order chi connectivity index (χ0) is 12.1. The number of aliphatic hydroxyl groups is 1. The lowest BCUT2D eigenvalue weighted by atomic mass is 10.1. The molecule has 0 spiro atoms. The minimum atomic E-state index is -0.644. The number of hydrogen-bond donors (Lipinski definition) is 2. The predicted molar refractivity (Wildman–Crippen MR) is 59.0 cm³/mol. The van der Waals surface area contributed by atoms with E-state index in [2.05, 4.69) is 0 Å². The number of nitrogens with zero attached hydrogens (tertiary/aromatic N) is 1. The first-order valence-electron chi connectivity index (χ1n) is 5.18. The zero-order valence-corrected chi connectivity index (χ0v) is 9.22. The van der Waals surface area contributed by atoms with Crippen LogP contribution < -0.4 is 5.73 Å². The van der Waals surface area contributed by atoms with Crippen molar-refractivity contribution in [3.63, 3.8) is 0 Å². The van der Waals surface area contributed by atoms with E-state index in [9.17, 15) is 9.59 Å². The van der Waals surface area contributed by atoms with Gasteiger partial charge >= 0.3 is 0 Å². The number of amides is 2. The van der Waals surface area contributed by atoms with Gasteiger partial charge in [0.1, 0.15) is 6.04 Å². The maximum atomic E-state index is 11.7. The second-order valence-electron chi connectivity index (χ2n) is 3.60. The number of primary amides is 1. The van der Waals surface area contributed by atoms with Gasteiger partial charge in [0.25, 0.3) is 0 Å². The molecule has 5 nitrogen and oxygen atoms in total. The molecule has 88 valence electrons. The van der Waals surface area contributed by atoms with Gasteiger partial charge < -0.3 is 15.7 Å². The molecule has 0 fully saturated rings. The van der Waals surface area contributed by atoms with Gasteiger partial charge in [-0.05, 0) is 12.0 Å². The molecule has 1 aliphatic heterocycles. The lowest BCUT2D eigenvalue weighted by Crippen LogP contribution is -2.44. The van der Waals surface area contributed by atoms with E-state index in [0.717, 1.165) is 0 Å². The highest BCUT2D eigenvalue weighted by molar-refractivity contribution is 5.88. The Hall–Kier alpha value is -1.62. The number of aliphatic hydroxyl groups excluding tert-OH is 1. The van der Waals surface area contributed by atoms with E-state index >= 15 is 0 Å². The van der Waals surface area contributed by atoms with Crippen LogP contribution in [-0.2, 0) is 9.59 Å². The van der Waals surface area contributed by atoms with Crippen LogP contribution in [0.5, 0.6) is 0 Å². The van der Waals surface area contributed by atoms with Crippen LogP contribution in [0, 0.1) is 0 Å². The molecule has 0 aromatic rings. The first-order chi connectivity index (χ1) is 7.60. The van der Waals surface area contributed by atoms with Gasteiger partial charge in [-0.2, -0.15) is 0 Å².